The van der Waals surface area contributed by atoms with Crippen molar-refractivity contribution < 1.29 is 28.0 Å². The second-order valence-corrected chi connectivity index (χ2v) is 10.6. The summed E-state index contributed by atoms with van der Waals surface area (Å²) in [4.78, 5) is 54.0. The van der Waals surface area contributed by atoms with E-state index in [9.17, 15) is 28.0 Å². The van der Waals surface area contributed by atoms with Crippen LogP contribution in [-0.2, 0) is 20.4 Å². The first-order valence-electron chi connectivity index (χ1n) is 12.4. The third kappa shape index (κ3) is 4.68. The van der Waals surface area contributed by atoms with Crippen LogP contribution in [0.15, 0.2) is 36.4 Å². The smallest absolute Gasteiger partial charge is 0.260 e. The van der Waals surface area contributed by atoms with Gasteiger partial charge < -0.3 is 5.32 Å². The molecule has 7 nitrogen and oxygen atoms in total. The Hall–Kier alpha value is -3.46. The van der Waals surface area contributed by atoms with Crippen molar-refractivity contribution in [2.75, 3.05) is 26.2 Å². The Morgan fingerprint density at radius 2 is 1.05 bits per heavy atom. The van der Waals surface area contributed by atoms with Gasteiger partial charge in [0.15, 0.2) is 0 Å². The lowest BCUT2D eigenvalue weighted by Crippen LogP contribution is -2.52. The zero-order valence-electron chi connectivity index (χ0n) is 21.5. The van der Waals surface area contributed by atoms with Gasteiger partial charge in [-0.3, -0.25) is 29.0 Å². The van der Waals surface area contributed by atoms with Gasteiger partial charge in [-0.1, -0.05) is 12.1 Å². The van der Waals surface area contributed by atoms with Crippen molar-refractivity contribution in [1.82, 2.24) is 15.1 Å². The molecule has 2 heterocycles. The van der Waals surface area contributed by atoms with Crippen molar-refractivity contribution in [3.63, 3.8) is 0 Å². The molecule has 0 fully saturated rings. The number of halogens is 2. The van der Waals surface area contributed by atoms with Crippen LogP contribution >= 0.6 is 0 Å². The van der Waals surface area contributed by atoms with E-state index < -0.39 is 34.3 Å². The Labute approximate surface area is 214 Å². The maximum Gasteiger partial charge on any atom is 0.260 e. The standard InChI is InChI=1S/C28H31F2N3O4/c1-27(2)21-9-7-17(29)15-19(21)23(34)32(25(27)36)13-5-11-31-12-6-14-33-24(35)20-16-18(30)8-10-22(20)28(3,4)26(33)37/h7-10,15-16,31H,5-6,11-14H2,1-4H3. The summed E-state index contributed by atoms with van der Waals surface area (Å²) in [5.74, 6) is -2.69. The van der Waals surface area contributed by atoms with Crippen molar-refractivity contribution in [1.29, 1.82) is 0 Å². The number of benzene rings is 2. The summed E-state index contributed by atoms with van der Waals surface area (Å²) in [6.45, 7) is 8.25. The van der Waals surface area contributed by atoms with Gasteiger partial charge in [-0.15, -0.1) is 0 Å². The summed E-state index contributed by atoms with van der Waals surface area (Å²) in [7, 11) is 0. The van der Waals surface area contributed by atoms with Crippen LogP contribution in [0.1, 0.15) is 72.4 Å². The van der Waals surface area contributed by atoms with E-state index in [1.54, 1.807) is 27.7 Å². The van der Waals surface area contributed by atoms with E-state index in [4.69, 9.17) is 0 Å². The molecule has 0 atom stereocenters. The van der Waals surface area contributed by atoms with Gasteiger partial charge in [0, 0.05) is 24.2 Å². The van der Waals surface area contributed by atoms with E-state index in [0.717, 1.165) is 0 Å². The third-order valence-electron chi connectivity index (χ3n) is 7.29. The molecule has 4 rings (SSSR count). The molecule has 0 bridgehead atoms. The first-order chi connectivity index (χ1) is 17.4. The highest BCUT2D eigenvalue weighted by molar-refractivity contribution is 6.13. The first-order valence-corrected chi connectivity index (χ1v) is 12.4. The molecule has 1 N–H and O–H groups in total. The van der Waals surface area contributed by atoms with Crippen LogP contribution in [0, 0.1) is 11.6 Å². The molecule has 37 heavy (non-hydrogen) atoms. The van der Waals surface area contributed by atoms with Crippen molar-refractivity contribution in [3.05, 3.63) is 70.3 Å². The number of nitrogens with one attached hydrogen (secondary N) is 1. The second-order valence-electron chi connectivity index (χ2n) is 10.6. The topological polar surface area (TPSA) is 86.8 Å². The Bertz CT molecular complexity index is 1190. The monoisotopic (exact) mass is 511 g/mol. The SMILES string of the molecule is CC1(C)C(=O)N(CCCNCCCN2C(=O)c3cc(F)ccc3C(C)(C)C2=O)C(=O)c2cc(F)ccc21. The highest BCUT2D eigenvalue weighted by atomic mass is 19.1. The molecular weight excluding hydrogens is 480 g/mol. The van der Waals surface area contributed by atoms with Crippen molar-refractivity contribution in [2.24, 2.45) is 0 Å². The molecular formula is C28H31F2N3O4. The van der Waals surface area contributed by atoms with Crippen LogP contribution in [0.3, 0.4) is 0 Å². The zero-order chi connectivity index (χ0) is 27.1. The molecule has 0 aromatic heterocycles. The lowest BCUT2D eigenvalue weighted by Gasteiger charge is -2.37. The molecule has 2 aliphatic heterocycles. The number of carbonyl (C=O) groups excluding carboxylic acids is 4. The van der Waals surface area contributed by atoms with E-state index in [0.29, 0.717) is 37.1 Å². The maximum absolute atomic E-state index is 13.8. The summed E-state index contributed by atoms with van der Waals surface area (Å²) in [5, 5.41) is 3.20. The molecule has 0 aliphatic carbocycles. The van der Waals surface area contributed by atoms with Gasteiger partial charge in [0.2, 0.25) is 11.8 Å². The second kappa shape index (κ2) is 9.78. The normalized spacial score (nSPS) is 18.2. The number of fused-ring (bicyclic) bond motifs is 2. The quantitative estimate of drug-likeness (QED) is 0.433. The highest BCUT2D eigenvalue weighted by Crippen LogP contribution is 2.36. The van der Waals surface area contributed by atoms with Crippen molar-refractivity contribution in [2.45, 2.75) is 51.4 Å². The van der Waals surface area contributed by atoms with Gasteiger partial charge in [0.1, 0.15) is 11.6 Å². The van der Waals surface area contributed by atoms with Gasteiger partial charge in [-0.05, 0) is 89.0 Å². The van der Waals surface area contributed by atoms with Gasteiger partial charge >= 0.3 is 0 Å². The van der Waals surface area contributed by atoms with Crippen molar-refractivity contribution >= 4 is 23.6 Å². The van der Waals surface area contributed by atoms with Crippen LogP contribution in [0.5, 0.6) is 0 Å². The number of imide groups is 2. The van der Waals surface area contributed by atoms with Crippen LogP contribution < -0.4 is 5.32 Å². The summed E-state index contributed by atoms with van der Waals surface area (Å²) in [6, 6.07) is 7.84. The molecule has 4 amide bonds. The minimum Gasteiger partial charge on any atom is -0.317 e. The number of amides is 4. The Kier molecular flexibility index (Phi) is 7.03. The molecule has 9 heteroatoms. The van der Waals surface area contributed by atoms with Gasteiger partial charge in [0.25, 0.3) is 11.8 Å². The van der Waals surface area contributed by atoms with Crippen LogP contribution in [0.2, 0.25) is 0 Å². The lowest BCUT2D eigenvalue weighted by molar-refractivity contribution is -0.135. The summed E-state index contributed by atoms with van der Waals surface area (Å²) in [5.41, 5.74) is -0.418. The average Bonchev–Trinajstić information content (AvgIpc) is 2.84. The summed E-state index contributed by atoms with van der Waals surface area (Å²) >= 11 is 0. The molecule has 0 saturated carbocycles. The first kappa shape index (κ1) is 26.6. The van der Waals surface area contributed by atoms with Gasteiger partial charge in [-0.2, -0.15) is 0 Å². The average molecular weight is 512 g/mol. The minimum atomic E-state index is -0.937. The fourth-order valence-electron chi connectivity index (χ4n) is 5.11. The van der Waals surface area contributed by atoms with Crippen LogP contribution in [0.4, 0.5) is 8.78 Å². The molecule has 2 aromatic rings. The minimum absolute atomic E-state index is 0.184. The van der Waals surface area contributed by atoms with E-state index in [1.807, 2.05) is 0 Å². The third-order valence-corrected chi connectivity index (χ3v) is 7.29. The summed E-state index contributed by atoms with van der Waals surface area (Å²) < 4.78 is 27.5. The van der Waals surface area contributed by atoms with E-state index in [2.05, 4.69) is 5.32 Å². The molecule has 0 unspecified atom stereocenters. The fraction of sp³-hybridized carbons (Fsp3) is 0.429. The van der Waals surface area contributed by atoms with Crippen LogP contribution in [0.25, 0.3) is 0 Å². The highest BCUT2D eigenvalue weighted by Gasteiger charge is 2.45. The summed E-state index contributed by atoms with van der Waals surface area (Å²) in [6.07, 6.45) is 0.971. The number of carbonyl (C=O) groups is 4. The lowest BCUT2D eigenvalue weighted by atomic mass is 9.77. The van der Waals surface area contributed by atoms with E-state index >= 15 is 0 Å². The number of rotatable bonds is 8. The maximum atomic E-state index is 13.8. The Balaban J connectivity index is 1.28. The van der Waals surface area contributed by atoms with Crippen LogP contribution in [-0.4, -0.2) is 59.6 Å². The molecule has 2 aromatic carbocycles. The zero-order valence-corrected chi connectivity index (χ0v) is 21.5. The van der Waals surface area contributed by atoms with E-state index in [-0.39, 0.29) is 36.0 Å². The molecule has 0 spiro atoms. The fourth-order valence-corrected chi connectivity index (χ4v) is 5.11. The van der Waals surface area contributed by atoms with Gasteiger partial charge in [0.05, 0.1) is 10.8 Å². The number of hydrogen-bond acceptors (Lipinski definition) is 5. The Morgan fingerprint density at radius 3 is 1.43 bits per heavy atom. The Morgan fingerprint density at radius 1 is 0.676 bits per heavy atom. The number of nitrogens with zero attached hydrogens (tertiary/aromatic N) is 2. The van der Waals surface area contributed by atoms with Gasteiger partial charge in [-0.25, -0.2) is 8.78 Å². The largest absolute Gasteiger partial charge is 0.317 e. The van der Waals surface area contributed by atoms with E-state index in [1.165, 1.54) is 46.2 Å². The number of hydrogen-bond donors (Lipinski definition) is 1. The molecule has 196 valence electrons. The predicted octanol–water partition coefficient (Wildman–Crippen LogP) is 3.55. The van der Waals surface area contributed by atoms with Crippen molar-refractivity contribution in [3.8, 4) is 0 Å². The molecule has 2 aliphatic rings. The molecule has 0 saturated heterocycles. The molecule has 0 radical (unpaired) electrons. The predicted molar refractivity (Wildman–Crippen MR) is 133 cm³/mol.